The van der Waals surface area contributed by atoms with Crippen molar-refractivity contribution in [2.75, 3.05) is 21.2 Å². The molecule has 0 radical (unpaired) electrons. The molecule has 11 nitrogen and oxygen atoms in total. The number of benzene rings is 2. The number of methoxy groups -OCH3 is 1. The number of ketones is 2. The quantitative estimate of drug-likeness (QED) is 0.333. The first-order valence-electron chi connectivity index (χ1n) is 13.6. The number of carbonyl (C=O) groups excluding carboxylic acids is 3. The summed E-state index contributed by atoms with van der Waals surface area (Å²) in [6.07, 6.45) is -3.09. The summed E-state index contributed by atoms with van der Waals surface area (Å²) in [4.78, 5) is 42.1. The molecule has 1 saturated heterocycles. The zero-order valence-corrected chi connectivity index (χ0v) is 23.6. The maximum Gasteiger partial charge on any atom is 0.316 e. The third-order valence-corrected chi connectivity index (χ3v) is 8.77. The van der Waals surface area contributed by atoms with Crippen LogP contribution in [0.25, 0.3) is 0 Å². The van der Waals surface area contributed by atoms with E-state index >= 15 is 0 Å². The monoisotopic (exact) mass is 569 g/mol. The van der Waals surface area contributed by atoms with Crippen LogP contribution in [0.3, 0.4) is 0 Å². The molecule has 4 N–H and O–H groups in total. The van der Waals surface area contributed by atoms with Gasteiger partial charge in [0, 0.05) is 35.6 Å². The van der Waals surface area contributed by atoms with Crippen LogP contribution in [0.15, 0.2) is 24.3 Å². The highest BCUT2D eigenvalue weighted by Gasteiger charge is 2.53. The van der Waals surface area contributed by atoms with Gasteiger partial charge < -0.3 is 39.5 Å². The van der Waals surface area contributed by atoms with Gasteiger partial charge in [0.1, 0.15) is 17.4 Å². The first-order chi connectivity index (χ1) is 19.3. The van der Waals surface area contributed by atoms with Crippen molar-refractivity contribution in [1.29, 1.82) is 0 Å². The number of ether oxygens (including phenoxy) is 3. The second kappa shape index (κ2) is 10.5. The third-order valence-electron chi connectivity index (χ3n) is 8.77. The lowest BCUT2D eigenvalue weighted by molar-refractivity contribution is -0.258. The SMILES string of the molecule is CC[C@]1(O)C[C@H](O[C@@H]2C[C@@H](N(C)C)[C@@H](O)[C@H](C)O2)c2c(cc3c(c2O)C(=O)c2c(O)cccc2C3=O)[C@@H]1C(=O)OC. The van der Waals surface area contributed by atoms with Crippen LogP contribution in [0, 0.1) is 0 Å². The molecule has 0 bridgehead atoms. The van der Waals surface area contributed by atoms with Gasteiger partial charge in [-0.15, -0.1) is 0 Å². The largest absolute Gasteiger partial charge is 0.507 e. The van der Waals surface area contributed by atoms with Crippen LogP contribution >= 0.6 is 0 Å². The molecular weight excluding hydrogens is 534 g/mol. The number of fused-ring (bicyclic) bond motifs is 3. The minimum atomic E-state index is -1.69. The number of hydrogen-bond acceptors (Lipinski definition) is 11. The van der Waals surface area contributed by atoms with Gasteiger partial charge in [0.2, 0.25) is 5.78 Å². The van der Waals surface area contributed by atoms with Gasteiger partial charge in [-0.2, -0.15) is 0 Å². The first kappa shape index (κ1) is 29.2. The number of carbonyl (C=O) groups is 3. The molecule has 1 heterocycles. The van der Waals surface area contributed by atoms with E-state index in [1.54, 1.807) is 13.8 Å². The van der Waals surface area contributed by atoms with Crippen LogP contribution in [0.4, 0.5) is 0 Å². The zero-order valence-electron chi connectivity index (χ0n) is 23.6. The third kappa shape index (κ3) is 4.52. The van der Waals surface area contributed by atoms with Gasteiger partial charge in [-0.3, -0.25) is 14.4 Å². The maximum absolute atomic E-state index is 13.6. The van der Waals surface area contributed by atoms with Crippen molar-refractivity contribution < 1.29 is 49.0 Å². The molecular formula is C30H35NO10. The summed E-state index contributed by atoms with van der Waals surface area (Å²) < 4.78 is 17.3. The number of aliphatic hydroxyl groups excluding tert-OH is 1. The highest BCUT2D eigenvalue weighted by atomic mass is 16.7. The molecule has 2 aromatic rings. The smallest absolute Gasteiger partial charge is 0.316 e. The molecule has 2 aliphatic carbocycles. The summed E-state index contributed by atoms with van der Waals surface area (Å²) in [6.45, 7) is 3.41. The normalized spacial score (nSPS) is 30.9. The molecule has 220 valence electrons. The van der Waals surface area contributed by atoms with Crippen molar-refractivity contribution in [3.8, 4) is 11.5 Å². The highest BCUT2D eigenvalue weighted by Crippen LogP contribution is 2.54. The maximum atomic E-state index is 13.6. The standard InChI is InChI=1S/C30H35NO10/c1-6-30(38)12-19(41-20-11-17(31(3)4)25(33)13(2)40-20)22-15(24(30)29(37)39-5)10-16-23(28(22)36)27(35)21-14(26(16)34)8-7-9-18(21)32/h7-10,13,17,19-20,24-25,32-33,36,38H,6,11-12H2,1-5H3/t13-,17+,19-,20+,24+,25-,30-/m0/s1. The Morgan fingerprint density at radius 3 is 2.49 bits per heavy atom. The van der Waals surface area contributed by atoms with Crippen molar-refractivity contribution >= 4 is 17.5 Å². The second-order valence-electron chi connectivity index (χ2n) is 11.3. The lowest BCUT2D eigenvalue weighted by Gasteiger charge is -2.46. The van der Waals surface area contributed by atoms with E-state index in [9.17, 15) is 34.8 Å². The van der Waals surface area contributed by atoms with Crippen LogP contribution in [0.1, 0.15) is 88.1 Å². The first-order valence-corrected chi connectivity index (χ1v) is 13.6. The molecule has 2 aromatic carbocycles. The summed E-state index contributed by atoms with van der Waals surface area (Å²) in [5.74, 6) is -4.42. The van der Waals surface area contributed by atoms with E-state index < -0.39 is 65.2 Å². The fourth-order valence-corrected chi connectivity index (χ4v) is 6.50. The van der Waals surface area contributed by atoms with E-state index in [4.69, 9.17) is 14.2 Å². The Balaban J connectivity index is 1.69. The van der Waals surface area contributed by atoms with Crippen LogP contribution < -0.4 is 0 Å². The van der Waals surface area contributed by atoms with Crippen LogP contribution in [-0.4, -0.2) is 94.2 Å². The number of esters is 1. The fraction of sp³-hybridized carbons (Fsp3) is 0.500. The van der Waals surface area contributed by atoms with Gasteiger partial charge in [0.25, 0.3) is 0 Å². The number of nitrogens with zero attached hydrogens (tertiary/aromatic N) is 1. The topological polar surface area (TPSA) is 163 Å². The van der Waals surface area contributed by atoms with Crippen molar-refractivity contribution in [3.63, 3.8) is 0 Å². The minimum Gasteiger partial charge on any atom is -0.507 e. The van der Waals surface area contributed by atoms with Crippen molar-refractivity contribution in [2.24, 2.45) is 0 Å². The predicted octanol–water partition coefficient (Wildman–Crippen LogP) is 2.16. The Bertz CT molecular complexity index is 1420. The molecule has 11 heteroatoms. The molecule has 0 spiro atoms. The summed E-state index contributed by atoms with van der Waals surface area (Å²) >= 11 is 0. The summed E-state index contributed by atoms with van der Waals surface area (Å²) in [6, 6.07) is 5.14. The molecule has 0 saturated carbocycles. The number of likely N-dealkylation sites (N-methyl/N-ethyl adjacent to an activating group) is 1. The number of rotatable bonds is 5. The van der Waals surface area contributed by atoms with E-state index in [-0.39, 0.29) is 58.7 Å². The fourth-order valence-electron chi connectivity index (χ4n) is 6.50. The highest BCUT2D eigenvalue weighted by molar-refractivity contribution is 6.30. The van der Waals surface area contributed by atoms with Gasteiger partial charge in [0.15, 0.2) is 12.1 Å². The van der Waals surface area contributed by atoms with Crippen LogP contribution in [0.2, 0.25) is 0 Å². The predicted molar refractivity (Wildman–Crippen MR) is 144 cm³/mol. The molecule has 5 rings (SSSR count). The number of aliphatic hydroxyl groups is 2. The van der Waals surface area contributed by atoms with Gasteiger partial charge >= 0.3 is 5.97 Å². The van der Waals surface area contributed by atoms with Gasteiger partial charge in [-0.25, -0.2) is 0 Å². The van der Waals surface area contributed by atoms with Crippen LogP contribution in [-0.2, 0) is 19.0 Å². The molecule has 0 aromatic heterocycles. The van der Waals surface area contributed by atoms with Gasteiger partial charge in [0.05, 0.1) is 42.1 Å². The molecule has 0 amide bonds. The second-order valence-corrected chi connectivity index (χ2v) is 11.3. The summed E-state index contributed by atoms with van der Waals surface area (Å²) in [5, 5.41) is 44.5. The van der Waals surface area contributed by atoms with Crippen LogP contribution in [0.5, 0.6) is 11.5 Å². The molecule has 1 fully saturated rings. The Morgan fingerprint density at radius 1 is 1.15 bits per heavy atom. The van der Waals surface area contributed by atoms with Crippen molar-refractivity contribution in [2.45, 2.75) is 75.3 Å². The minimum absolute atomic E-state index is 0.0382. The Labute approximate surface area is 237 Å². The van der Waals surface area contributed by atoms with E-state index in [0.29, 0.717) is 0 Å². The van der Waals surface area contributed by atoms with Gasteiger partial charge in [-0.1, -0.05) is 19.1 Å². The summed E-state index contributed by atoms with van der Waals surface area (Å²) in [7, 11) is 4.82. The molecule has 0 unspecified atom stereocenters. The molecule has 41 heavy (non-hydrogen) atoms. The van der Waals surface area contributed by atoms with E-state index in [2.05, 4.69) is 0 Å². The summed E-state index contributed by atoms with van der Waals surface area (Å²) in [5.41, 5.74) is -2.27. The average Bonchev–Trinajstić information content (AvgIpc) is 2.92. The molecule has 7 atom stereocenters. The average molecular weight is 570 g/mol. The number of phenols is 2. The Morgan fingerprint density at radius 2 is 1.85 bits per heavy atom. The lowest BCUT2D eigenvalue weighted by Crippen LogP contribution is -2.54. The zero-order chi connectivity index (χ0) is 30.0. The Kier molecular flexibility index (Phi) is 7.46. The van der Waals surface area contributed by atoms with Crippen molar-refractivity contribution in [3.05, 3.63) is 57.6 Å². The lowest BCUT2D eigenvalue weighted by atomic mass is 9.67. The number of phenolic OH excluding ortho intramolecular Hbond substituents is 2. The van der Waals surface area contributed by atoms with Gasteiger partial charge in [-0.05, 0) is 45.1 Å². The molecule has 1 aliphatic heterocycles. The van der Waals surface area contributed by atoms with E-state index in [0.717, 1.165) is 0 Å². The van der Waals surface area contributed by atoms with E-state index in [1.165, 1.54) is 31.4 Å². The van der Waals surface area contributed by atoms with E-state index in [1.807, 2.05) is 19.0 Å². The number of hydrogen-bond donors (Lipinski definition) is 4. The number of aromatic hydroxyl groups is 2. The van der Waals surface area contributed by atoms with Crippen molar-refractivity contribution in [1.82, 2.24) is 4.90 Å². The molecule has 3 aliphatic rings. The Hall–Kier alpha value is -3.35.